The Morgan fingerprint density at radius 2 is 2.11 bits per heavy atom. The topological polar surface area (TPSA) is 46.5 Å². The van der Waals surface area contributed by atoms with E-state index in [1.54, 1.807) is 0 Å². The number of halogens is 4. The van der Waals surface area contributed by atoms with Gasteiger partial charge in [0.05, 0.1) is 17.0 Å². The van der Waals surface area contributed by atoms with Crippen molar-refractivity contribution in [3.05, 3.63) is 29.3 Å². The molecule has 18 heavy (non-hydrogen) atoms. The normalized spacial score (nSPS) is 13.2. The molecule has 0 aliphatic rings. The molecule has 1 rings (SSSR count). The molecule has 1 atom stereocenters. The highest BCUT2D eigenvalue weighted by Crippen LogP contribution is 2.30. The van der Waals surface area contributed by atoms with Crippen molar-refractivity contribution < 1.29 is 27.8 Å². The Hall–Kier alpha value is -1.08. The molecular formula is C11H10BrF3O3. The molecule has 0 bridgehead atoms. The summed E-state index contributed by atoms with van der Waals surface area (Å²) in [6, 6.07) is 3.68. The van der Waals surface area contributed by atoms with Crippen molar-refractivity contribution in [2.24, 2.45) is 0 Å². The zero-order chi connectivity index (χ0) is 13.9. The lowest BCUT2D eigenvalue weighted by molar-refractivity contribution is -0.274. The van der Waals surface area contributed by atoms with E-state index < -0.39 is 29.3 Å². The molecule has 0 aliphatic carbocycles. The highest BCUT2D eigenvalue weighted by atomic mass is 79.9. The predicted octanol–water partition coefficient (Wildman–Crippen LogP) is 3.04. The quantitative estimate of drug-likeness (QED) is 0.683. The van der Waals surface area contributed by atoms with Crippen molar-refractivity contribution in [2.75, 3.05) is 0 Å². The second-order valence-corrected chi connectivity index (χ2v) is 4.85. The molecular weight excluding hydrogens is 317 g/mol. The van der Waals surface area contributed by atoms with Crippen LogP contribution in [0.15, 0.2) is 18.2 Å². The van der Waals surface area contributed by atoms with Crippen molar-refractivity contribution in [3.63, 3.8) is 0 Å². The minimum atomic E-state index is -4.89. The summed E-state index contributed by atoms with van der Waals surface area (Å²) < 4.78 is 40.4. The maximum atomic E-state index is 12.2. The van der Waals surface area contributed by atoms with E-state index in [0.29, 0.717) is 0 Å². The van der Waals surface area contributed by atoms with Crippen LogP contribution < -0.4 is 4.74 Å². The van der Waals surface area contributed by atoms with E-state index in [1.807, 2.05) is 0 Å². The maximum Gasteiger partial charge on any atom is 0.573 e. The van der Waals surface area contributed by atoms with E-state index >= 15 is 0 Å². The van der Waals surface area contributed by atoms with Crippen LogP contribution in [-0.2, 0) is 6.61 Å². The number of ether oxygens (including phenoxy) is 1. The third-order valence-corrected chi connectivity index (χ3v) is 2.53. The number of alkyl halides is 4. The van der Waals surface area contributed by atoms with Gasteiger partial charge in [0, 0.05) is 0 Å². The third-order valence-electron chi connectivity index (χ3n) is 2.12. The number of carbonyl (C=O) groups is 1. The fraction of sp³-hybridized carbons (Fsp3) is 0.364. The highest BCUT2D eigenvalue weighted by molar-refractivity contribution is 9.10. The van der Waals surface area contributed by atoms with Gasteiger partial charge in [-0.2, -0.15) is 0 Å². The zero-order valence-electron chi connectivity index (χ0n) is 9.29. The van der Waals surface area contributed by atoms with Crippen LogP contribution in [-0.4, -0.2) is 22.1 Å². The fourth-order valence-corrected chi connectivity index (χ4v) is 1.63. The van der Waals surface area contributed by atoms with Gasteiger partial charge in [-0.3, -0.25) is 4.79 Å². The van der Waals surface area contributed by atoms with Crippen LogP contribution in [0.2, 0.25) is 0 Å². The number of ketones is 1. The fourth-order valence-electron chi connectivity index (χ4n) is 1.40. The Bertz CT molecular complexity index is 444. The van der Waals surface area contributed by atoms with Crippen molar-refractivity contribution >= 4 is 21.7 Å². The van der Waals surface area contributed by atoms with Gasteiger partial charge in [-0.15, -0.1) is 13.2 Å². The Balaban J connectivity index is 3.29. The van der Waals surface area contributed by atoms with Crippen LogP contribution in [0.25, 0.3) is 0 Å². The van der Waals surface area contributed by atoms with E-state index in [2.05, 4.69) is 20.7 Å². The van der Waals surface area contributed by atoms with Gasteiger partial charge in [-0.1, -0.05) is 28.1 Å². The standard InChI is InChI=1S/C11H10BrF3O3/c1-6(12)10(17)9-7(5-16)3-2-4-8(9)18-11(13,14)15/h2-4,6,16H,5H2,1H3. The van der Waals surface area contributed by atoms with Gasteiger partial charge in [0.15, 0.2) is 5.78 Å². The molecule has 0 fully saturated rings. The number of Topliss-reactive ketones (excluding diaryl/α,β-unsaturated/α-hetero) is 1. The number of carbonyl (C=O) groups excluding carboxylic acids is 1. The first-order valence-electron chi connectivity index (χ1n) is 4.93. The molecule has 0 amide bonds. The molecule has 1 aromatic rings. The summed E-state index contributed by atoms with van der Waals surface area (Å²) in [6.07, 6.45) is -4.89. The summed E-state index contributed by atoms with van der Waals surface area (Å²) in [7, 11) is 0. The van der Waals surface area contributed by atoms with Crippen molar-refractivity contribution in [1.82, 2.24) is 0 Å². The molecule has 1 unspecified atom stereocenters. The molecule has 0 saturated carbocycles. The number of rotatable bonds is 4. The van der Waals surface area contributed by atoms with E-state index in [9.17, 15) is 18.0 Å². The highest BCUT2D eigenvalue weighted by Gasteiger charge is 2.34. The molecule has 0 saturated heterocycles. The lowest BCUT2D eigenvalue weighted by Gasteiger charge is -2.15. The van der Waals surface area contributed by atoms with E-state index in [0.717, 1.165) is 6.07 Å². The predicted molar refractivity (Wildman–Crippen MR) is 61.8 cm³/mol. The molecule has 1 N–H and O–H groups in total. The van der Waals surface area contributed by atoms with Crippen LogP contribution in [0.3, 0.4) is 0 Å². The van der Waals surface area contributed by atoms with E-state index in [1.165, 1.54) is 19.1 Å². The van der Waals surface area contributed by atoms with Gasteiger partial charge in [0.1, 0.15) is 5.75 Å². The average Bonchev–Trinajstić information content (AvgIpc) is 2.25. The summed E-state index contributed by atoms with van der Waals surface area (Å²) in [5.74, 6) is -1.19. The molecule has 0 heterocycles. The lowest BCUT2D eigenvalue weighted by atomic mass is 10.0. The third kappa shape index (κ3) is 3.71. The Morgan fingerprint density at radius 3 is 2.56 bits per heavy atom. The molecule has 7 heteroatoms. The Labute approximate surface area is 110 Å². The Morgan fingerprint density at radius 1 is 1.50 bits per heavy atom. The van der Waals surface area contributed by atoms with Gasteiger partial charge in [0.2, 0.25) is 0 Å². The Kier molecular flexibility index (Phi) is 4.75. The smallest absolute Gasteiger partial charge is 0.405 e. The van der Waals surface area contributed by atoms with Gasteiger partial charge < -0.3 is 9.84 Å². The molecule has 3 nitrogen and oxygen atoms in total. The first kappa shape index (κ1) is 15.0. The second-order valence-electron chi connectivity index (χ2n) is 3.48. The summed E-state index contributed by atoms with van der Waals surface area (Å²) in [6.45, 7) is 0.934. The first-order chi connectivity index (χ1) is 8.26. The molecule has 1 aromatic carbocycles. The average molecular weight is 327 g/mol. The first-order valence-corrected chi connectivity index (χ1v) is 5.84. The van der Waals surface area contributed by atoms with Crippen LogP contribution in [0.5, 0.6) is 5.75 Å². The number of hydrogen-bond acceptors (Lipinski definition) is 3. The van der Waals surface area contributed by atoms with Crippen molar-refractivity contribution in [3.8, 4) is 5.75 Å². The van der Waals surface area contributed by atoms with Crippen LogP contribution in [0, 0.1) is 0 Å². The van der Waals surface area contributed by atoms with E-state index in [-0.39, 0.29) is 11.1 Å². The zero-order valence-corrected chi connectivity index (χ0v) is 10.9. The van der Waals surface area contributed by atoms with Gasteiger partial charge in [-0.05, 0) is 18.6 Å². The molecule has 0 aliphatic heterocycles. The summed E-state index contributed by atoms with van der Waals surface area (Å²) in [5.41, 5.74) is -0.172. The van der Waals surface area contributed by atoms with Crippen LogP contribution in [0.1, 0.15) is 22.8 Å². The minimum absolute atomic E-state index is 0.0908. The summed E-state index contributed by atoms with van der Waals surface area (Å²) >= 11 is 2.99. The number of aliphatic hydroxyl groups excluding tert-OH is 1. The maximum absolute atomic E-state index is 12.2. The molecule has 0 spiro atoms. The SMILES string of the molecule is CC(Br)C(=O)c1c(CO)cccc1OC(F)(F)F. The van der Waals surface area contributed by atoms with Gasteiger partial charge >= 0.3 is 6.36 Å². The largest absolute Gasteiger partial charge is 0.573 e. The summed E-state index contributed by atoms with van der Waals surface area (Å²) in [5, 5.41) is 9.07. The van der Waals surface area contributed by atoms with Crippen LogP contribution in [0.4, 0.5) is 13.2 Å². The van der Waals surface area contributed by atoms with E-state index in [4.69, 9.17) is 5.11 Å². The number of hydrogen-bond donors (Lipinski definition) is 1. The second kappa shape index (κ2) is 5.71. The molecule has 0 aromatic heterocycles. The molecule has 0 radical (unpaired) electrons. The lowest BCUT2D eigenvalue weighted by Crippen LogP contribution is -2.21. The van der Waals surface area contributed by atoms with Gasteiger partial charge in [0.25, 0.3) is 0 Å². The summed E-state index contributed by atoms with van der Waals surface area (Å²) in [4.78, 5) is 11.1. The van der Waals surface area contributed by atoms with Crippen LogP contribution >= 0.6 is 15.9 Å². The monoisotopic (exact) mass is 326 g/mol. The minimum Gasteiger partial charge on any atom is -0.405 e. The number of benzene rings is 1. The molecule has 100 valence electrons. The number of aliphatic hydroxyl groups is 1. The van der Waals surface area contributed by atoms with Crippen molar-refractivity contribution in [1.29, 1.82) is 0 Å². The van der Waals surface area contributed by atoms with Gasteiger partial charge in [-0.25, -0.2) is 0 Å². The van der Waals surface area contributed by atoms with Crippen molar-refractivity contribution in [2.45, 2.75) is 24.7 Å².